The van der Waals surface area contributed by atoms with E-state index >= 15 is 0 Å². The zero-order valence-corrected chi connectivity index (χ0v) is 18.3. The molecule has 1 aliphatic rings. The highest BCUT2D eigenvalue weighted by molar-refractivity contribution is 5.92. The van der Waals surface area contributed by atoms with Gasteiger partial charge in [-0.3, -0.25) is 9.78 Å². The van der Waals surface area contributed by atoms with Gasteiger partial charge in [0.2, 0.25) is 5.91 Å². The van der Waals surface area contributed by atoms with Crippen LogP contribution in [0.15, 0.2) is 54.9 Å². The third kappa shape index (κ3) is 6.73. The third-order valence-corrected chi connectivity index (χ3v) is 5.70. The molecule has 30 heavy (non-hydrogen) atoms. The van der Waals surface area contributed by atoms with E-state index in [-0.39, 0.29) is 36.4 Å². The Hall–Kier alpha value is -2.60. The van der Waals surface area contributed by atoms with Gasteiger partial charge < -0.3 is 15.4 Å². The van der Waals surface area contributed by atoms with Gasteiger partial charge in [-0.1, -0.05) is 30.3 Å². The van der Waals surface area contributed by atoms with Crippen molar-refractivity contribution in [3.8, 4) is 0 Å². The van der Waals surface area contributed by atoms with Crippen molar-refractivity contribution < 1.29 is 14.3 Å². The number of hydrogen-bond acceptors (Lipinski definition) is 4. The predicted molar refractivity (Wildman–Crippen MR) is 119 cm³/mol. The molecule has 0 bridgehead atoms. The summed E-state index contributed by atoms with van der Waals surface area (Å²) < 4.78 is 5.36. The topological polar surface area (TPSA) is 80.3 Å². The summed E-state index contributed by atoms with van der Waals surface area (Å²) in [6.07, 6.45) is 6.32. The minimum Gasteiger partial charge on any atom is -0.445 e. The number of rotatable bonds is 6. The highest BCUT2D eigenvalue weighted by Gasteiger charge is 2.36. The molecule has 1 saturated carbocycles. The van der Waals surface area contributed by atoms with Crippen LogP contribution >= 0.6 is 12.4 Å². The average Bonchev–Trinajstić information content (AvgIpc) is 2.73. The summed E-state index contributed by atoms with van der Waals surface area (Å²) >= 11 is 0. The first-order valence-electron chi connectivity index (χ1n) is 10.1. The van der Waals surface area contributed by atoms with Crippen molar-refractivity contribution >= 4 is 30.1 Å². The molecular weight excluding hydrogens is 402 g/mol. The average molecular weight is 432 g/mol. The lowest BCUT2D eigenvalue weighted by atomic mass is 9.73. The minimum atomic E-state index is -0.406. The van der Waals surface area contributed by atoms with Crippen LogP contribution in [0.25, 0.3) is 0 Å². The van der Waals surface area contributed by atoms with Gasteiger partial charge in [0.05, 0.1) is 0 Å². The van der Waals surface area contributed by atoms with E-state index in [1.54, 1.807) is 24.5 Å². The molecule has 0 saturated heterocycles. The second-order valence-corrected chi connectivity index (χ2v) is 8.18. The van der Waals surface area contributed by atoms with Crippen LogP contribution in [-0.2, 0) is 16.1 Å². The van der Waals surface area contributed by atoms with Crippen LogP contribution in [0.2, 0.25) is 0 Å². The fourth-order valence-electron chi connectivity index (χ4n) is 3.88. The van der Waals surface area contributed by atoms with Gasteiger partial charge in [0, 0.05) is 29.5 Å². The molecule has 1 heterocycles. The monoisotopic (exact) mass is 431 g/mol. The number of halogens is 1. The molecule has 2 amide bonds. The van der Waals surface area contributed by atoms with Crippen molar-refractivity contribution in [3.63, 3.8) is 0 Å². The summed E-state index contributed by atoms with van der Waals surface area (Å²) in [7, 11) is 0. The van der Waals surface area contributed by atoms with Crippen LogP contribution in [0.3, 0.4) is 0 Å². The van der Waals surface area contributed by atoms with Crippen LogP contribution in [0.4, 0.5) is 10.5 Å². The molecule has 7 heteroatoms. The van der Waals surface area contributed by atoms with Crippen molar-refractivity contribution in [2.24, 2.45) is 11.8 Å². The number of aromatic nitrogens is 1. The fraction of sp³-hybridized carbons (Fsp3) is 0.435. The first-order chi connectivity index (χ1) is 13.9. The number of carbonyl (C=O) groups is 2. The van der Waals surface area contributed by atoms with Crippen molar-refractivity contribution in [1.82, 2.24) is 10.3 Å². The largest absolute Gasteiger partial charge is 0.445 e. The van der Waals surface area contributed by atoms with Gasteiger partial charge in [-0.2, -0.15) is 0 Å². The Labute approximate surface area is 184 Å². The molecule has 0 aliphatic heterocycles. The molecule has 3 rings (SSSR count). The van der Waals surface area contributed by atoms with Crippen molar-refractivity contribution in [3.05, 3.63) is 60.4 Å². The smallest absolute Gasteiger partial charge is 0.407 e. The molecule has 6 nitrogen and oxygen atoms in total. The highest BCUT2D eigenvalue weighted by atomic mass is 35.5. The van der Waals surface area contributed by atoms with E-state index in [0.717, 1.165) is 36.9 Å². The van der Waals surface area contributed by atoms with Gasteiger partial charge in [0.25, 0.3) is 0 Å². The summed E-state index contributed by atoms with van der Waals surface area (Å²) in [4.78, 5) is 28.7. The molecule has 1 aromatic heterocycles. The second-order valence-electron chi connectivity index (χ2n) is 8.18. The lowest BCUT2D eigenvalue weighted by Gasteiger charge is -2.39. The lowest BCUT2D eigenvalue weighted by Crippen LogP contribution is -2.50. The van der Waals surface area contributed by atoms with Crippen molar-refractivity contribution in [2.45, 2.75) is 51.7 Å². The molecule has 2 aromatic rings. The van der Waals surface area contributed by atoms with Gasteiger partial charge >= 0.3 is 6.09 Å². The molecule has 0 unspecified atom stereocenters. The van der Waals surface area contributed by atoms with E-state index in [2.05, 4.69) is 15.6 Å². The van der Waals surface area contributed by atoms with Crippen molar-refractivity contribution in [1.29, 1.82) is 0 Å². The Morgan fingerprint density at radius 2 is 1.67 bits per heavy atom. The zero-order chi connectivity index (χ0) is 20.7. The zero-order valence-electron chi connectivity index (χ0n) is 17.5. The number of anilines is 1. The molecule has 1 fully saturated rings. The minimum absolute atomic E-state index is 0. The first kappa shape index (κ1) is 23.7. The Kier molecular flexibility index (Phi) is 8.66. The molecule has 0 spiro atoms. The third-order valence-electron chi connectivity index (χ3n) is 5.70. The number of carbonyl (C=O) groups excluding carboxylic acids is 2. The summed E-state index contributed by atoms with van der Waals surface area (Å²) in [6.45, 7) is 4.31. The van der Waals surface area contributed by atoms with Crippen LogP contribution in [-0.4, -0.2) is 22.5 Å². The number of benzene rings is 1. The lowest BCUT2D eigenvalue weighted by molar-refractivity contribution is -0.121. The predicted octanol–water partition coefficient (Wildman–Crippen LogP) is 4.95. The number of nitrogens with zero attached hydrogens (tertiary/aromatic N) is 1. The van der Waals surface area contributed by atoms with E-state index in [9.17, 15) is 9.59 Å². The fourth-order valence-corrected chi connectivity index (χ4v) is 3.88. The maximum Gasteiger partial charge on any atom is 0.407 e. The van der Waals surface area contributed by atoms with Crippen LogP contribution in [0, 0.1) is 11.8 Å². The van der Waals surface area contributed by atoms with Gasteiger partial charge in [-0.25, -0.2) is 4.79 Å². The highest BCUT2D eigenvalue weighted by Crippen LogP contribution is 2.36. The SMILES string of the molecule is CC(C)(NC(=O)OCc1ccccc1)C1CCC(C(=O)Nc2ccncc2)CC1.Cl. The molecule has 1 aromatic carbocycles. The Morgan fingerprint density at radius 1 is 1.03 bits per heavy atom. The summed E-state index contributed by atoms with van der Waals surface area (Å²) in [5.74, 6) is 0.361. The number of hydrogen-bond donors (Lipinski definition) is 2. The van der Waals surface area contributed by atoms with E-state index in [1.165, 1.54) is 0 Å². The van der Waals surface area contributed by atoms with Crippen molar-refractivity contribution in [2.75, 3.05) is 5.32 Å². The number of amides is 2. The standard InChI is InChI=1S/C23H29N3O3.ClH/c1-23(2,26-22(28)29-16-17-6-4-3-5-7-17)19-10-8-18(9-11-19)21(27)25-20-12-14-24-15-13-20;/h3-7,12-15,18-19H,8-11,16H2,1-2H3,(H,26,28)(H,24,25,27);1H. The van der Waals surface area contributed by atoms with E-state index in [1.807, 2.05) is 44.2 Å². The van der Waals surface area contributed by atoms with E-state index in [4.69, 9.17) is 4.74 Å². The Bertz CT molecular complexity index is 807. The number of ether oxygens (including phenoxy) is 1. The van der Waals surface area contributed by atoms with Crippen LogP contribution in [0.5, 0.6) is 0 Å². The summed E-state index contributed by atoms with van der Waals surface area (Å²) in [5, 5.41) is 5.97. The molecule has 1 aliphatic carbocycles. The molecule has 162 valence electrons. The maximum atomic E-state index is 12.5. The number of alkyl carbamates (subject to hydrolysis) is 1. The van der Waals surface area contributed by atoms with E-state index in [0.29, 0.717) is 5.92 Å². The first-order valence-corrected chi connectivity index (χ1v) is 10.1. The second kappa shape index (κ2) is 11.0. The van der Waals surface area contributed by atoms with E-state index < -0.39 is 6.09 Å². The Balaban J connectivity index is 0.00000320. The molecule has 2 N–H and O–H groups in total. The van der Waals surface area contributed by atoms with Crippen LogP contribution in [0.1, 0.15) is 45.1 Å². The Morgan fingerprint density at radius 3 is 2.30 bits per heavy atom. The van der Waals surface area contributed by atoms with Gasteiger partial charge in [-0.05, 0) is 63.1 Å². The molecular formula is C23H30ClN3O3. The summed E-state index contributed by atoms with van der Waals surface area (Å²) in [5.41, 5.74) is 1.34. The van der Waals surface area contributed by atoms with Gasteiger partial charge in [0.15, 0.2) is 0 Å². The molecule has 0 atom stereocenters. The number of pyridine rings is 1. The van der Waals surface area contributed by atoms with Gasteiger partial charge in [-0.15, -0.1) is 12.4 Å². The van der Waals surface area contributed by atoms with Gasteiger partial charge in [0.1, 0.15) is 6.61 Å². The summed E-state index contributed by atoms with van der Waals surface area (Å²) in [6, 6.07) is 13.2. The quantitative estimate of drug-likeness (QED) is 0.677. The maximum absolute atomic E-state index is 12.5. The normalized spacial score (nSPS) is 18.6. The molecule has 0 radical (unpaired) electrons. The number of nitrogens with one attached hydrogen (secondary N) is 2. The van der Waals surface area contributed by atoms with Crippen LogP contribution < -0.4 is 10.6 Å².